The molecule has 2 fully saturated rings. The molecule has 3 rings (SSSR count). The molecule has 2 aliphatic heterocycles. The zero-order valence-electron chi connectivity index (χ0n) is 12.3. The van der Waals surface area contributed by atoms with E-state index in [0.717, 1.165) is 29.9 Å². The van der Waals surface area contributed by atoms with Gasteiger partial charge in [-0.3, -0.25) is 15.7 Å². The number of fused-ring (bicyclic) bond motifs is 1. The van der Waals surface area contributed by atoms with Crippen molar-refractivity contribution < 1.29 is 0 Å². The number of nitrogen functional groups attached to an aromatic ring is 1. The van der Waals surface area contributed by atoms with Crippen LogP contribution in [0.25, 0.3) is 0 Å². The van der Waals surface area contributed by atoms with Crippen LogP contribution in [-0.4, -0.2) is 47.5 Å². The Morgan fingerprint density at radius 2 is 2.30 bits per heavy atom. The zero-order valence-corrected chi connectivity index (χ0v) is 12.3. The average molecular weight is 275 g/mol. The van der Waals surface area contributed by atoms with E-state index in [0.29, 0.717) is 0 Å². The third-order valence-corrected chi connectivity index (χ3v) is 4.80. The number of hydrogen-bond donors (Lipinski definition) is 2. The van der Waals surface area contributed by atoms with Gasteiger partial charge in [-0.05, 0) is 50.9 Å². The minimum Gasteiger partial charge on any atom is -0.324 e. The topological polar surface area (TPSA) is 57.4 Å². The molecule has 0 amide bonds. The lowest BCUT2D eigenvalue weighted by Crippen LogP contribution is -2.52. The van der Waals surface area contributed by atoms with Gasteiger partial charge in [0.2, 0.25) is 0 Å². The summed E-state index contributed by atoms with van der Waals surface area (Å²) in [6.07, 6.45) is 5.83. The van der Waals surface area contributed by atoms with Crippen molar-refractivity contribution in [3.8, 4) is 0 Å². The van der Waals surface area contributed by atoms with E-state index in [1.807, 2.05) is 18.3 Å². The first-order valence-corrected chi connectivity index (χ1v) is 7.60. The molecule has 0 radical (unpaired) electrons. The van der Waals surface area contributed by atoms with Crippen molar-refractivity contribution in [1.29, 1.82) is 0 Å². The number of piperidine rings is 2. The second-order valence-corrected chi connectivity index (χ2v) is 6.15. The molecule has 0 bridgehead atoms. The first-order chi connectivity index (χ1) is 9.76. The van der Waals surface area contributed by atoms with Crippen LogP contribution >= 0.6 is 0 Å². The van der Waals surface area contributed by atoms with Gasteiger partial charge in [0.1, 0.15) is 0 Å². The number of hydrogen-bond acceptors (Lipinski definition) is 5. The highest BCUT2D eigenvalue weighted by molar-refractivity contribution is 5.41. The van der Waals surface area contributed by atoms with E-state index in [-0.39, 0.29) is 0 Å². The van der Waals surface area contributed by atoms with Crippen LogP contribution < -0.4 is 11.3 Å². The van der Waals surface area contributed by atoms with Crippen LogP contribution in [0, 0.1) is 5.92 Å². The van der Waals surface area contributed by atoms with Gasteiger partial charge in [0.15, 0.2) is 0 Å². The number of nitrogens with zero attached hydrogens (tertiary/aromatic N) is 3. The van der Waals surface area contributed by atoms with Crippen molar-refractivity contribution in [3.63, 3.8) is 0 Å². The Balaban J connectivity index is 1.61. The largest absolute Gasteiger partial charge is 0.324 e. The smallest absolute Gasteiger partial charge is 0.0564 e. The molecule has 0 aromatic carbocycles. The highest BCUT2D eigenvalue weighted by atomic mass is 15.2. The second-order valence-electron chi connectivity index (χ2n) is 6.15. The van der Waals surface area contributed by atoms with Gasteiger partial charge in [-0.25, -0.2) is 0 Å². The van der Waals surface area contributed by atoms with Crippen molar-refractivity contribution in [3.05, 3.63) is 24.0 Å². The second kappa shape index (κ2) is 6.08. The fourth-order valence-electron chi connectivity index (χ4n) is 3.75. The number of hydrazine groups is 1. The summed E-state index contributed by atoms with van der Waals surface area (Å²) in [5.74, 6) is 6.29. The summed E-state index contributed by atoms with van der Waals surface area (Å²) >= 11 is 0. The third kappa shape index (κ3) is 2.95. The number of pyridine rings is 1. The number of rotatable bonds is 3. The molecule has 0 saturated carbocycles. The molecule has 3 N–H and O–H groups in total. The van der Waals surface area contributed by atoms with Crippen LogP contribution in [0.15, 0.2) is 18.3 Å². The van der Waals surface area contributed by atoms with E-state index in [4.69, 9.17) is 5.84 Å². The molecule has 110 valence electrons. The quantitative estimate of drug-likeness (QED) is 0.643. The normalized spacial score (nSPS) is 28.1. The molecule has 1 aromatic heterocycles. The SMILES string of the molecule is CN1CCCC2CN(Cc3cc(NN)ccn3)CCC21. The summed E-state index contributed by atoms with van der Waals surface area (Å²) in [4.78, 5) is 9.56. The summed E-state index contributed by atoms with van der Waals surface area (Å²) < 4.78 is 0. The van der Waals surface area contributed by atoms with Gasteiger partial charge in [0.25, 0.3) is 0 Å². The average Bonchev–Trinajstić information content (AvgIpc) is 2.47. The number of aromatic nitrogens is 1. The van der Waals surface area contributed by atoms with E-state index < -0.39 is 0 Å². The molecular formula is C15H25N5. The Morgan fingerprint density at radius 1 is 1.40 bits per heavy atom. The molecule has 20 heavy (non-hydrogen) atoms. The molecule has 2 saturated heterocycles. The predicted molar refractivity (Wildman–Crippen MR) is 81.1 cm³/mol. The molecule has 2 unspecified atom stereocenters. The van der Waals surface area contributed by atoms with Crippen LogP contribution in [0.3, 0.4) is 0 Å². The number of likely N-dealkylation sites (tertiary alicyclic amines) is 2. The van der Waals surface area contributed by atoms with Gasteiger partial charge >= 0.3 is 0 Å². The highest BCUT2D eigenvalue weighted by Crippen LogP contribution is 2.30. The highest BCUT2D eigenvalue weighted by Gasteiger charge is 2.34. The molecule has 1 aromatic rings. The maximum atomic E-state index is 5.46. The lowest BCUT2D eigenvalue weighted by atomic mass is 9.84. The van der Waals surface area contributed by atoms with E-state index in [1.165, 1.54) is 38.9 Å². The molecule has 5 heteroatoms. The first kappa shape index (κ1) is 13.8. The van der Waals surface area contributed by atoms with Gasteiger partial charge in [0.05, 0.1) is 11.4 Å². The molecule has 0 aliphatic carbocycles. The van der Waals surface area contributed by atoms with E-state index >= 15 is 0 Å². The number of nitrogens with two attached hydrogens (primary N) is 1. The summed E-state index contributed by atoms with van der Waals surface area (Å²) in [6.45, 7) is 4.58. The van der Waals surface area contributed by atoms with Gasteiger partial charge in [-0.1, -0.05) is 0 Å². The first-order valence-electron chi connectivity index (χ1n) is 7.60. The van der Waals surface area contributed by atoms with Gasteiger partial charge in [0, 0.05) is 31.9 Å². The predicted octanol–water partition coefficient (Wildman–Crippen LogP) is 1.28. The lowest BCUT2D eigenvalue weighted by molar-refractivity contribution is 0.0350. The Bertz CT molecular complexity index is 450. The van der Waals surface area contributed by atoms with Gasteiger partial charge < -0.3 is 10.3 Å². The zero-order chi connectivity index (χ0) is 13.9. The molecular weight excluding hydrogens is 250 g/mol. The summed E-state index contributed by atoms with van der Waals surface area (Å²) in [7, 11) is 2.28. The van der Waals surface area contributed by atoms with Crippen molar-refractivity contribution in [2.24, 2.45) is 11.8 Å². The maximum absolute atomic E-state index is 5.46. The van der Waals surface area contributed by atoms with Crippen molar-refractivity contribution in [2.75, 3.05) is 32.1 Å². The van der Waals surface area contributed by atoms with E-state index in [1.54, 1.807) is 0 Å². The Kier molecular flexibility index (Phi) is 4.19. The number of anilines is 1. The lowest BCUT2D eigenvalue weighted by Gasteiger charge is -2.46. The van der Waals surface area contributed by atoms with Crippen LogP contribution in [0.4, 0.5) is 5.69 Å². The van der Waals surface area contributed by atoms with Crippen LogP contribution in [0.5, 0.6) is 0 Å². The standard InChI is InChI=1S/C15H25N5/c1-19-7-2-3-12-10-20(8-5-15(12)19)11-14-9-13(18-16)4-6-17-14/h4,6,9,12,15H,2-3,5,7-8,10-11,16H2,1H3,(H,17,18). The van der Waals surface area contributed by atoms with Crippen molar-refractivity contribution in [1.82, 2.24) is 14.8 Å². The third-order valence-electron chi connectivity index (χ3n) is 4.80. The summed E-state index contributed by atoms with van der Waals surface area (Å²) in [5, 5.41) is 0. The maximum Gasteiger partial charge on any atom is 0.0564 e. The summed E-state index contributed by atoms with van der Waals surface area (Å²) in [6, 6.07) is 4.73. The molecule has 2 atom stereocenters. The molecule has 5 nitrogen and oxygen atoms in total. The Hall–Kier alpha value is -1.17. The fraction of sp³-hybridized carbons (Fsp3) is 0.667. The minimum absolute atomic E-state index is 0.796. The molecule has 2 aliphatic rings. The van der Waals surface area contributed by atoms with E-state index in [9.17, 15) is 0 Å². The fourth-order valence-corrected chi connectivity index (χ4v) is 3.75. The van der Waals surface area contributed by atoms with Crippen LogP contribution in [0.2, 0.25) is 0 Å². The summed E-state index contributed by atoms with van der Waals surface area (Å²) in [5.41, 5.74) is 4.72. The molecule has 0 spiro atoms. The Morgan fingerprint density at radius 3 is 3.15 bits per heavy atom. The van der Waals surface area contributed by atoms with Gasteiger partial charge in [-0.15, -0.1) is 0 Å². The number of nitrogens with one attached hydrogen (secondary N) is 1. The molecule has 3 heterocycles. The van der Waals surface area contributed by atoms with Crippen molar-refractivity contribution >= 4 is 5.69 Å². The van der Waals surface area contributed by atoms with E-state index in [2.05, 4.69) is 27.3 Å². The van der Waals surface area contributed by atoms with Gasteiger partial charge in [-0.2, -0.15) is 0 Å². The van der Waals surface area contributed by atoms with Crippen LogP contribution in [-0.2, 0) is 6.54 Å². The monoisotopic (exact) mass is 275 g/mol. The Labute approximate surface area is 121 Å². The minimum atomic E-state index is 0.796. The van der Waals surface area contributed by atoms with Crippen molar-refractivity contribution in [2.45, 2.75) is 31.8 Å². The van der Waals surface area contributed by atoms with Crippen LogP contribution in [0.1, 0.15) is 25.0 Å².